The van der Waals surface area contributed by atoms with Crippen molar-refractivity contribution >= 4 is 5.97 Å². The summed E-state index contributed by atoms with van der Waals surface area (Å²) in [4.78, 5) is 11.4. The zero-order valence-corrected chi connectivity index (χ0v) is 8.33. The fourth-order valence-electron chi connectivity index (χ4n) is 1.87. The molecule has 0 amide bonds. The Morgan fingerprint density at radius 1 is 1.57 bits per heavy atom. The van der Waals surface area contributed by atoms with Crippen LogP contribution in [0.1, 0.15) is 34.5 Å². The molecule has 2 rings (SSSR count). The van der Waals surface area contributed by atoms with Gasteiger partial charge in [-0.15, -0.1) is 0 Å². The molecule has 0 aliphatic carbocycles. The van der Waals surface area contributed by atoms with E-state index in [1.165, 1.54) is 12.7 Å². The van der Waals surface area contributed by atoms with E-state index in [-0.39, 0.29) is 5.97 Å². The second-order valence-corrected chi connectivity index (χ2v) is 3.47. The first-order chi connectivity index (χ1) is 6.74. The number of esters is 1. The van der Waals surface area contributed by atoms with Crippen LogP contribution >= 0.6 is 0 Å². The molecule has 1 heterocycles. The molecule has 1 aliphatic rings. The summed E-state index contributed by atoms with van der Waals surface area (Å²) < 4.78 is 4.73. The molecule has 1 N–H and O–H groups in total. The highest BCUT2D eigenvalue weighted by Gasteiger charge is 2.23. The Hall–Kier alpha value is -1.35. The number of nitrogens with one attached hydrogen (secondary N) is 1. The first-order valence-corrected chi connectivity index (χ1v) is 4.67. The summed E-state index contributed by atoms with van der Waals surface area (Å²) in [5.74, 6) is -0.252. The molecule has 0 unspecified atom stereocenters. The van der Waals surface area contributed by atoms with Crippen molar-refractivity contribution in [1.29, 1.82) is 0 Å². The van der Waals surface area contributed by atoms with E-state index >= 15 is 0 Å². The topological polar surface area (TPSA) is 38.3 Å². The van der Waals surface area contributed by atoms with Crippen molar-refractivity contribution < 1.29 is 9.53 Å². The average molecular weight is 191 g/mol. The standard InChI is InChI=1S/C11H13NO2/c1-7-8-4-3-5-9(11(13)14-2)10(8)6-12-7/h3-5,7,12H,6H2,1-2H3/t7-/m1/s1. The van der Waals surface area contributed by atoms with Gasteiger partial charge in [0.1, 0.15) is 0 Å². The Morgan fingerprint density at radius 2 is 2.36 bits per heavy atom. The molecule has 3 heteroatoms. The van der Waals surface area contributed by atoms with Crippen LogP contribution < -0.4 is 5.32 Å². The lowest BCUT2D eigenvalue weighted by molar-refractivity contribution is 0.0599. The number of methoxy groups -OCH3 is 1. The van der Waals surface area contributed by atoms with Crippen LogP contribution in [-0.4, -0.2) is 13.1 Å². The average Bonchev–Trinajstić information content (AvgIpc) is 2.59. The SMILES string of the molecule is COC(=O)c1cccc2c1CN[C@@H]2C. The lowest BCUT2D eigenvalue weighted by Gasteiger charge is -2.06. The molecular weight excluding hydrogens is 178 g/mol. The monoisotopic (exact) mass is 191 g/mol. The van der Waals surface area contributed by atoms with Gasteiger partial charge in [-0.25, -0.2) is 4.79 Å². The highest BCUT2D eigenvalue weighted by molar-refractivity contribution is 5.91. The summed E-state index contributed by atoms with van der Waals surface area (Å²) >= 11 is 0. The van der Waals surface area contributed by atoms with Crippen molar-refractivity contribution in [3.63, 3.8) is 0 Å². The summed E-state index contributed by atoms with van der Waals surface area (Å²) in [6.45, 7) is 2.84. The predicted octanol–water partition coefficient (Wildman–Crippen LogP) is 1.64. The fraction of sp³-hybridized carbons (Fsp3) is 0.364. The van der Waals surface area contributed by atoms with Gasteiger partial charge in [0.05, 0.1) is 12.7 Å². The number of fused-ring (bicyclic) bond motifs is 1. The van der Waals surface area contributed by atoms with Crippen molar-refractivity contribution in [3.05, 3.63) is 34.9 Å². The highest BCUT2D eigenvalue weighted by atomic mass is 16.5. The number of rotatable bonds is 1. The molecule has 1 aromatic rings. The van der Waals surface area contributed by atoms with Gasteiger partial charge < -0.3 is 10.1 Å². The van der Waals surface area contributed by atoms with Crippen molar-refractivity contribution in [2.45, 2.75) is 19.5 Å². The molecule has 1 aliphatic heterocycles. The van der Waals surface area contributed by atoms with E-state index in [0.29, 0.717) is 11.6 Å². The maximum Gasteiger partial charge on any atom is 0.338 e. The fourth-order valence-corrected chi connectivity index (χ4v) is 1.87. The van der Waals surface area contributed by atoms with Gasteiger partial charge in [0.15, 0.2) is 0 Å². The molecule has 1 aromatic carbocycles. The molecule has 74 valence electrons. The third kappa shape index (κ3) is 1.30. The maximum absolute atomic E-state index is 11.4. The normalized spacial score (nSPS) is 19.1. The molecule has 0 radical (unpaired) electrons. The minimum atomic E-state index is -0.252. The van der Waals surface area contributed by atoms with Crippen molar-refractivity contribution in [2.75, 3.05) is 7.11 Å². The van der Waals surface area contributed by atoms with Gasteiger partial charge >= 0.3 is 5.97 Å². The second-order valence-electron chi connectivity index (χ2n) is 3.47. The minimum Gasteiger partial charge on any atom is -0.465 e. The van der Waals surface area contributed by atoms with Crippen LogP contribution in [0.4, 0.5) is 0 Å². The molecule has 1 atom stereocenters. The van der Waals surface area contributed by atoms with Crippen LogP contribution in [0.3, 0.4) is 0 Å². The summed E-state index contributed by atoms with van der Waals surface area (Å²) in [5.41, 5.74) is 2.96. The number of benzene rings is 1. The van der Waals surface area contributed by atoms with Crippen molar-refractivity contribution in [2.24, 2.45) is 0 Å². The number of carbonyl (C=O) groups excluding carboxylic acids is 1. The molecule has 0 saturated carbocycles. The first-order valence-electron chi connectivity index (χ1n) is 4.67. The van der Waals surface area contributed by atoms with E-state index in [0.717, 1.165) is 12.1 Å². The van der Waals surface area contributed by atoms with Gasteiger partial charge in [-0.2, -0.15) is 0 Å². The van der Waals surface area contributed by atoms with Crippen molar-refractivity contribution in [1.82, 2.24) is 5.32 Å². The Labute approximate surface area is 83.1 Å². The van der Waals surface area contributed by atoms with Gasteiger partial charge in [0, 0.05) is 12.6 Å². The molecular formula is C11H13NO2. The lowest BCUT2D eigenvalue weighted by atomic mass is 10.0. The zero-order valence-electron chi connectivity index (χ0n) is 8.33. The van der Waals surface area contributed by atoms with E-state index in [1.807, 2.05) is 18.2 Å². The smallest absolute Gasteiger partial charge is 0.338 e. The van der Waals surface area contributed by atoms with Crippen molar-refractivity contribution in [3.8, 4) is 0 Å². The number of hydrogen-bond acceptors (Lipinski definition) is 3. The van der Waals surface area contributed by atoms with Crippen LogP contribution in [0.2, 0.25) is 0 Å². The third-order valence-corrected chi connectivity index (χ3v) is 2.67. The lowest BCUT2D eigenvalue weighted by Crippen LogP contribution is -2.08. The van der Waals surface area contributed by atoms with Crippen LogP contribution in [0, 0.1) is 0 Å². The van der Waals surface area contributed by atoms with E-state index in [9.17, 15) is 4.79 Å². The number of ether oxygens (including phenoxy) is 1. The Kier molecular flexibility index (Phi) is 2.25. The summed E-state index contributed by atoms with van der Waals surface area (Å²) in [6, 6.07) is 6.08. The summed E-state index contributed by atoms with van der Waals surface area (Å²) in [7, 11) is 1.41. The van der Waals surface area contributed by atoms with Crippen LogP contribution in [0.15, 0.2) is 18.2 Å². The van der Waals surface area contributed by atoms with Crippen LogP contribution in [0.25, 0.3) is 0 Å². The number of carbonyl (C=O) groups is 1. The summed E-state index contributed by atoms with van der Waals surface area (Å²) in [5, 5.41) is 3.30. The molecule has 0 spiro atoms. The Bertz CT molecular complexity index is 374. The minimum absolute atomic E-state index is 0.252. The van der Waals surface area contributed by atoms with E-state index in [4.69, 9.17) is 4.74 Å². The van der Waals surface area contributed by atoms with E-state index < -0.39 is 0 Å². The van der Waals surface area contributed by atoms with E-state index in [2.05, 4.69) is 12.2 Å². The second kappa shape index (κ2) is 3.42. The van der Waals surface area contributed by atoms with Gasteiger partial charge in [0.2, 0.25) is 0 Å². The van der Waals surface area contributed by atoms with Crippen LogP contribution in [0.5, 0.6) is 0 Å². The third-order valence-electron chi connectivity index (χ3n) is 2.67. The molecule has 0 saturated heterocycles. The van der Waals surface area contributed by atoms with Gasteiger partial charge in [0.25, 0.3) is 0 Å². The highest BCUT2D eigenvalue weighted by Crippen LogP contribution is 2.27. The number of hydrogen-bond donors (Lipinski definition) is 1. The maximum atomic E-state index is 11.4. The van der Waals surface area contributed by atoms with Gasteiger partial charge in [-0.05, 0) is 24.1 Å². The molecule has 3 nitrogen and oxygen atoms in total. The van der Waals surface area contributed by atoms with Gasteiger partial charge in [-0.3, -0.25) is 0 Å². The Balaban J connectivity index is 2.49. The quantitative estimate of drug-likeness (QED) is 0.686. The zero-order chi connectivity index (χ0) is 10.1. The Morgan fingerprint density at radius 3 is 3.07 bits per heavy atom. The molecule has 0 fully saturated rings. The molecule has 14 heavy (non-hydrogen) atoms. The van der Waals surface area contributed by atoms with Gasteiger partial charge in [-0.1, -0.05) is 12.1 Å². The summed E-state index contributed by atoms with van der Waals surface area (Å²) in [6.07, 6.45) is 0. The van der Waals surface area contributed by atoms with E-state index in [1.54, 1.807) is 0 Å². The largest absolute Gasteiger partial charge is 0.465 e. The molecule has 0 aromatic heterocycles. The first kappa shape index (κ1) is 9.21. The molecule has 0 bridgehead atoms. The predicted molar refractivity (Wildman–Crippen MR) is 53.0 cm³/mol. The van der Waals surface area contributed by atoms with Crippen LogP contribution in [-0.2, 0) is 11.3 Å².